The fraction of sp³-hybridized carbons (Fsp3) is 0.154. The molecular weight excluding hydrogens is 278 g/mol. The zero-order chi connectivity index (χ0) is 13.8. The number of aromatic nitrogens is 1. The van der Waals surface area contributed by atoms with Crippen molar-refractivity contribution < 1.29 is 4.79 Å². The Morgan fingerprint density at radius 2 is 2.11 bits per heavy atom. The van der Waals surface area contributed by atoms with Crippen LogP contribution in [0.4, 0.5) is 0 Å². The molecule has 2 aromatic rings. The average Bonchev–Trinajstić information content (AvgIpc) is 2.68. The maximum absolute atomic E-state index is 11.9. The van der Waals surface area contributed by atoms with Crippen molar-refractivity contribution >= 4 is 35.7 Å². The fourth-order valence-electron chi connectivity index (χ4n) is 1.48. The Balaban J connectivity index is 2.08. The van der Waals surface area contributed by atoms with Gasteiger partial charge in [0.2, 0.25) is 0 Å². The van der Waals surface area contributed by atoms with Crippen molar-refractivity contribution in [3.8, 4) is 0 Å². The lowest BCUT2D eigenvalue weighted by Gasteiger charge is -1.99. The van der Waals surface area contributed by atoms with Crippen molar-refractivity contribution in [2.75, 3.05) is 0 Å². The number of hydrogen-bond donors (Lipinski definition) is 1. The number of hydrogen-bond acceptors (Lipinski definition) is 4. The highest BCUT2D eigenvalue weighted by Crippen LogP contribution is 2.17. The molecule has 0 spiro atoms. The molecule has 0 saturated heterocycles. The average molecular weight is 291 g/mol. The normalized spacial score (nSPS) is 10.8. The van der Waals surface area contributed by atoms with Crippen molar-refractivity contribution in [3.05, 3.63) is 50.4 Å². The van der Waals surface area contributed by atoms with Crippen LogP contribution in [0.15, 0.2) is 35.4 Å². The van der Waals surface area contributed by atoms with Gasteiger partial charge in [0, 0.05) is 12.7 Å². The fourth-order valence-corrected chi connectivity index (χ4v) is 2.74. The summed E-state index contributed by atoms with van der Waals surface area (Å²) in [6.45, 7) is 1.86. The van der Waals surface area contributed by atoms with E-state index in [-0.39, 0.29) is 5.91 Å². The van der Waals surface area contributed by atoms with Crippen LogP contribution in [0.25, 0.3) is 0 Å². The minimum absolute atomic E-state index is 0.235. The summed E-state index contributed by atoms with van der Waals surface area (Å²) in [5.41, 5.74) is 4.29. The minimum Gasteiger partial charge on any atom is -0.330 e. The maximum Gasteiger partial charge on any atom is 0.283 e. The molecule has 0 saturated carbocycles. The number of nitrogens with zero attached hydrogens (tertiary/aromatic N) is 2. The summed E-state index contributed by atoms with van der Waals surface area (Å²) in [6, 6.07) is 9.57. The van der Waals surface area contributed by atoms with Gasteiger partial charge in [-0.2, -0.15) is 5.10 Å². The first-order chi connectivity index (χ1) is 9.09. The lowest BCUT2D eigenvalue weighted by Crippen LogP contribution is -2.17. The van der Waals surface area contributed by atoms with Crippen molar-refractivity contribution in [2.24, 2.45) is 12.1 Å². The SMILES string of the molecule is Cc1c(C(=O)N/N=C\c2ccccc2)sc(=S)n1C. The van der Waals surface area contributed by atoms with Gasteiger partial charge >= 0.3 is 0 Å². The van der Waals surface area contributed by atoms with E-state index in [0.717, 1.165) is 11.3 Å². The Labute approximate surface area is 120 Å². The van der Waals surface area contributed by atoms with Crippen LogP contribution < -0.4 is 5.43 Å². The number of carbonyl (C=O) groups excluding carboxylic acids is 1. The van der Waals surface area contributed by atoms with Gasteiger partial charge in [-0.15, -0.1) is 0 Å². The Kier molecular flexibility index (Phi) is 4.24. The molecule has 0 radical (unpaired) electrons. The number of nitrogens with one attached hydrogen (secondary N) is 1. The van der Waals surface area contributed by atoms with E-state index in [2.05, 4.69) is 10.5 Å². The molecule has 1 amide bonds. The molecule has 1 aromatic heterocycles. The van der Waals surface area contributed by atoms with Gasteiger partial charge in [0.25, 0.3) is 5.91 Å². The monoisotopic (exact) mass is 291 g/mol. The summed E-state index contributed by atoms with van der Waals surface area (Å²) >= 11 is 6.42. The number of thiazole rings is 1. The van der Waals surface area contributed by atoms with E-state index in [0.29, 0.717) is 8.83 Å². The van der Waals surface area contributed by atoms with Crippen LogP contribution in [-0.2, 0) is 7.05 Å². The highest BCUT2D eigenvalue weighted by atomic mass is 32.1. The molecule has 0 aliphatic carbocycles. The van der Waals surface area contributed by atoms with Crippen LogP contribution in [-0.4, -0.2) is 16.7 Å². The first-order valence-corrected chi connectivity index (χ1v) is 6.87. The Bertz CT molecular complexity index is 671. The molecule has 0 unspecified atom stereocenters. The summed E-state index contributed by atoms with van der Waals surface area (Å²) < 4.78 is 2.49. The predicted octanol–water partition coefficient (Wildman–Crippen LogP) is 2.89. The molecule has 4 nitrogen and oxygen atoms in total. The number of hydrazone groups is 1. The van der Waals surface area contributed by atoms with Gasteiger partial charge in [-0.3, -0.25) is 4.79 Å². The highest BCUT2D eigenvalue weighted by Gasteiger charge is 2.13. The van der Waals surface area contributed by atoms with E-state index in [1.165, 1.54) is 11.3 Å². The van der Waals surface area contributed by atoms with Crippen LogP contribution in [0.5, 0.6) is 0 Å². The molecule has 1 aromatic carbocycles. The summed E-state index contributed by atoms with van der Waals surface area (Å²) in [5.74, 6) is -0.235. The summed E-state index contributed by atoms with van der Waals surface area (Å²) in [7, 11) is 1.85. The zero-order valence-electron chi connectivity index (χ0n) is 10.6. The standard InChI is InChI=1S/C13H13N3OS2/c1-9-11(19-13(18)16(9)2)12(17)15-14-8-10-6-4-3-5-7-10/h3-8H,1-2H3,(H,15,17)/b14-8-. The van der Waals surface area contributed by atoms with Crippen LogP contribution in [0.3, 0.4) is 0 Å². The molecular formula is C13H13N3OS2. The van der Waals surface area contributed by atoms with Gasteiger partial charge in [-0.05, 0) is 24.7 Å². The quantitative estimate of drug-likeness (QED) is 0.537. The van der Waals surface area contributed by atoms with E-state index < -0.39 is 0 Å². The lowest BCUT2D eigenvalue weighted by atomic mass is 10.2. The van der Waals surface area contributed by atoms with Gasteiger partial charge < -0.3 is 4.57 Å². The molecule has 2 rings (SSSR count). The van der Waals surface area contributed by atoms with Gasteiger partial charge in [0.15, 0.2) is 3.95 Å². The molecule has 19 heavy (non-hydrogen) atoms. The third-order valence-corrected chi connectivity index (χ3v) is 4.34. The molecule has 0 aliphatic rings. The van der Waals surface area contributed by atoms with Crippen LogP contribution in [0.1, 0.15) is 20.9 Å². The van der Waals surface area contributed by atoms with E-state index in [4.69, 9.17) is 12.2 Å². The van der Waals surface area contributed by atoms with Crippen molar-refractivity contribution in [3.63, 3.8) is 0 Å². The highest BCUT2D eigenvalue weighted by molar-refractivity contribution is 7.73. The molecule has 1 heterocycles. The zero-order valence-corrected chi connectivity index (χ0v) is 12.2. The topological polar surface area (TPSA) is 46.4 Å². The smallest absolute Gasteiger partial charge is 0.283 e. The molecule has 98 valence electrons. The summed E-state index contributed by atoms with van der Waals surface area (Å²) in [4.78, 5) is 12.5. The largest absolute Gasteiger partial charge is 0.330 e. The van der Waals surface area contributed by atoms with Gasteiger partial charge in [0.1, 0.15) is 4.88 Å². The van der Waals surface area contributed by atoms with Gasteiger partial charge in [0.05, 0.1) is 6.21 Å². The Hall–Kier alpha value is -1.79. The van der Waals surface area contributed by atoms with Crippen LogP contribution in [0.2, 0.25) is 0 Å². The second kappa shape index (κ2) is 5.90. The number of carbonyl (C=O) groups is 1. The molecule has 0 atom stereocenters. The minimum atomic E-state index is -0.235. The third-order valence-electron chi connectivity index (χ3n) is 2.68. The van der Waals surface area contributed by atoms with Crippen LogP contribution in [0, 0.1) is 10.9 Å². The van der Waals surface area contributed by atoms with Gasteiger partial charge in [-0.1, -0.05) is 41.7 Å². The molecule has 6 heteroatoms. The van der Waals surface area contributed by atoms with Crippen molar-refractivity contribution in [2.45, 2.75) is 6.92 Å². The number of rotatable bonds is 3. The van der Waals surface area contributed by atoms with E-state index in [1.54, 1.807) is 6.21 Å². The second-order valence-corrected chi connectivity index (χ2v) is 5.60. The Morgan fingerprint density at radius 3 is 2.68 bits per heavy atom. The summed E-state index contributed by atoms with van der Waals surface area (Å²) in [5, 5.41) is 3.94. The van der Waals surface area contributed by atoms with Crippen molar-refractivity contribution in [1.82, 2.24) is 9.99 Å². The first-order valence-electron chi connectivity index (χ1n) is 5.64. The maximum atomic E-state index is 11.9. The van der Waals surface area contributed by atoms with E-state index in [9.17, 15) is 4.79 Å². The molecule has 0 fully saturated rings. The summed E-state index contributed by atoms with van der Waals surface area (Å²) in [6.07, 6.45) is 1.61. The predicted molar refractivity (Wildman–Crippen MR) is 80.4 cm³/mol. The molecule has 1 N–H and O–H groups in total. The van der Waals surface area contributed by atoms with E-state index in [1.807, 2.05) is 48.9 Å². The first kappa shape index (κ1) is 13.6. The van der Waals surface area contributed by atoms with Crippen LogP contribution >= 0.6 is 23.6 Å². The van der Waals surface area contributed by atoms with Crippen molar-refractivity contribution in [1.29, 1.82) is 0 Å². The second-order valence-electron chi connectivity index (χ2n) is 3.95. The lowest BCUT2D eigenvalue weighted by molar-refractivity contribution is 0.0958. The Morgan fingerprint density at radius 1 is 1.42 bits per heavy atom. The van der Waals surface area contributed by atoms with Gasteiger partial charge in [-0.25, -0.2) is 5.43 Å². The molecule has 0 bridgehead atoms. The number of amides is 1. The third kappa shape index (κ3) is 3.15. The number of benzene rings is 1. The van der Waals surface area contributed by atoms with E-state index >= 15 is 0 Å². The molecule has 0 aliphatic heterocycles.